The van der Waals surface area contributed by atoms with Gasteiger partial charge in [-0.3, -0.25) is 10.1 Å². The van der Waals surface area contributed by atoms with Crippen molar-refractivity contribution in [2.45, 2.75) is 27.7 Å². The number of non-ortho nitro benzene ring substituents is 1. The second-order valence-electron chi connectivity index (χ2n) is 6.90. The number of hydrogen-bond acceptors (Lipinski definition) is 3. The Hall–Kier alpha value is -3.65. The van der Waals surface area contributed by atoms with Crippen molar-refractivity contribution in [1.82, 2.24) is 4.57 Å². The maximum absolute atomic E-state index is 10.8. The molecular weight excluding hydrogens is 350 g/mol. The van der Waals surface area contributed by atoms with Gasteiger partial charge < -0.3 is 4.57 Å². The summed E-state index contributed by atoms with van der Waals surface area (Å²) in [5.74, 6) is 0. The van der Waals surface area contributed by atoms with Gasteiger partial charge in [0, 0.05) is 29.2 Å². The average molecular weight is 371 g/mol. The minimum absolute atomic E-state index is 0.00829. The number of nitro groups is 1. The molecule has 0 saturated heterocycles. The molecule has 0 bridgehead atoms. The van der Waals surface area contributed by atoms with E-state index in [1.165, 1.54) is 23.3 Å². The van der Waals surface area contributed by atoms with Crippen LogP contribution in [-0.2, 0) is 0 Å². The maximum atomic E-state index is 10.8. The van der Waals surface area contributed by atoms with Gasteiger partial charge in [0.15, 0.2) is 0 Å². The molecule has 0 spiro atoms. The Morgan fingerprint density at radius 2 is 1.71 bits per heavy atom. The molecule has 2 aromatic carbocycles. The summed E-state index contributed by atoms with van der Waals surface area (Å²) in [4.78, 5) is 10.4. The quantitative estimate of drug-likeness (QED) is 0.336. The van der Waals surface area contributed by atoms with E-state index < -0.39 is 4.92 Å². The number of hydrogen-bond donors (Lipinski definition) is 0. The van der Waals surface area contributed by atoms with E-state index in [1.807, 2.05) is 26.0 Å². The zero-order valence-corrected chi connectivity index (χ0v) is 16.4. The van der Waals surface area contributed by atoms with Crippen LogP contribution in [-0.4, -0.2) is 9.49 Å². The normalized spacial score (nSPS) is 11.3. The summed E-state index contributed by atoms with van der Waals surface area (Å²) >= 11 is 0. The van der Waals surface area contributed by atoms with Crippen molar-refractivity contribution < 1.29 is 4.92 Å². The largest absolute Gasteiger partial charge is 0.318 e. The Bertz CT molecular complexity index is 1130. The lowest BCUT2D eigenvalue weighted by molar-refractivity contribution is -0.384. The first-order valence-corrected chi connectivity index (χ1v) is 8.95. The van der Waals surface area contributed by atoms with Crippen LogP contribution in [0.3, 0.4) is 0 Å². The van der Waals surface area contributed by atoms with Gasteiger partial charge in [-0.1, -0.05) is 6.07 Å². The molecule has 5 nitrogen and oxygen atoms in total. The van der Waals surface area contributed by atoms with E-state index in [0.29, 0.717) is 11.1 Å². The van der Waals surface area contributed by atoms with Gasteiger partial charge in [0.1, 0.15) is 0 Å². The van der Waals surface area contributed by atoms with Crippen LogP contribution in [0, 0.1) is 49.1 Å². The van der Waals surface area contributed by atoms with Gasteiger partial charge in [-0.2, -0.15) is 5.26 Å². The summed E-state index contributed by atoms with van der Waals surface area (Å²) in [6, 6.07) is 16.7. The van der Waals surface area contributed by atoms with Crippen molar-refractivity contribution in [3.63, 3.8) is 0 Å². The summed E-state index contributed by atoms with van der Waals surface area (Å²) < 4.78 is 2.17. The predicted molar refractivity (Wildman–Crippen MR) is 111 cm³/mol. The highest BCUT2D eigenvalue weighted by molar-refractivity contribution is 5.90. The van der Waals surface area contributed by atoms with E-state index in [4.69, 9.17) is 0 Å². The molecule has 0 amide bonds. The van der Waals surface area contributed by atoms with Crippen molar-refractivity contribution in [2.75, 3.05) is 0 Å². The molecule has 0 aliphatic rings. The molecule has 0 N–H and O–H groups in total. The smallest absolute Gasteiger partial charge is 0.269 e. The molecule has 3 aromatic rings. The van der Waals surface area contributed by atoms with Gasteiger partial charge in [-0.05, 0) is 86.4 Å². The van der Waals surface area contributed by atoms with Gasteiger partial charge in [0.05, 0.1) is 16.6 Å². The molecule has 0 saturated carbocycles. The van der Waals surface area contributed by atoms with E-state index >= 15 is 0 Å². The number of aromatic nitrogens is 1. The second kappa shape index (κ2) is 7.53. The molecule has 0 unspecified atom stereocenters. The molecular formula is C23H21N3O2. The number of nitrogens with zero attached hydrogens (tertiary/aromatic N) is 3. The summed E-state index contributed by atoms with van der Waals surface area (Å²) in [5.41, 5.74) is 7.76. The summed E-state index contributed by atoms with van der Waals surface area (Å²) in [6.07, 6.45) is 1.83. The van der Waals surface area contributed by atoms with E-state index in [2.05, 4.69) is 42.7 Å². The van der Waals surface area contributed by atoms with Gasteiger partial charge in [-0.15, -0.1) is 0 Å². The number of benzene rings is 2. The molecule has 5 heteroatoms. The van der Waals surface area contributed by atoms with Crippen LogP contribution in [0.4, 0.5) is 5.69 Å². The van der Waals surface area contributed by atoms with Crippen LogP contribution in [0.5, 0.6) is 0 Å². The zero-order valence-electron chi connectivity index (χ0n) is 16.4. The van der Waals surface area contributed by atoms with Crippen LogP contribution in [0.15, 0.2) is 48.5 Å². The molecule has 140 valence electrons. The standard InChI is InChI=1S/C23H21N3O2/c1-15-5-8-23(11-16(15)2)25-17(3)12-20(18(25)4)13-21(14-24)19-6-9-22(10-7-19)26(27)28/h5-13H,1-4H3/b21-13-. The molecule has 0 aliphatic heterocycles. The summed E-state index contributed by atoms with van der Waals surface area (Å²) in [7, 11) is 0. The lowest BCUT2D eigenvalue weighted by Gasteiger charge is -2.12. The van der Waals surface area contributed by atoms with Crippen LogP contribution in [0.25, 0.3) is 17.3 Å². The molecule has 0 aliphatic carbocycles. The van der Waals surface area contributed by atoms with E-state index in [1.54, 1.807) is 12.1 Å². The first kappa shape index (κ1) is 19.1. The van der Waals surface area contributed by atoms with E-state index in [0.717, 1.165) is 22.6 Å². The third-order valence-corrected chi connectivity index (χ3v) is 5.03. The van der Waals surface area contributed by atoms with Crippen molar-refractivity contribution in [2.24, 2.45) is 0 Å². The molecule has 1 aromatic heterocycles. The van der Waals surface area contributed by atoms with Gasteiger partial charge >= 0.3 is 0 Å². The lowest BCUT2D eigenvalue weighted by atomic mass is 10.0. The van der Waals surface area contributed by atoms with Crippen LogP contribution < -0.4 is 0 Å². The zero-order chi connectivity index (χ0) is 20.4. The minimum atomic E-state index is -0.448. The third kappa shape index (κ3) is 3.58. The SMILES string of the molecule is Cc1ccc(-n2c(C)cc(/C=C(/C#N)c3ccc([N+](=O)[O-])cc3)c2C)cc1C. The van der Waals surface area contributed by atoms with Crippen molar-refractivity contribution in [3.8, 4) is 11.8 Å². The lowest BCUT2D eigenvalue weighted by Crippen LogP contribution is -2.00. The fourth-order valence-electron chi connectivity index (χ4n) is 3.29. The number of nitro benzene ring substituents is 1. The molecule has 3 rings (SSSR count). The van der Waals surface area contributed by atoms with E-state index in [-0.39, 0.29) is 5.69 Å². The Morgan fingerprint density at radius 1 is 1.04 bits per heavy atom. The van der Waals surface area contributed by atoms with Crippen LogP contribution >= 0.6 is 0 Å². The second-order valence-corrected chi connectivity index (χ2v) is 6.90. The van der Waals surface area contributed by atoms with Gasteiger partial charge in [-0.25, -0.2) is 0 Å². The maximum Gasteiger partial charge on any atom is 0.269 e. The number of aryl methyl sites for hydroxylation is 3. The fourth-order valence-corrected chi connectivity index (χ4v) is 3.29. The van der Waals surface area contributed by atoms with Crippen molar-refractivity contribution in [3.05, 3.63) is 92.3 Å². The highest BCUT2D eigenvalue weighted by Crippen LogP contribution is 2.27. The Morgan fingerprint density at radius 3 is 2.29 bits per heavy atom. The number of allylic oxidation sites excluding steroid dienone is 1. The van der Waals surface area contributed by atoms with Gasteiger partial charge in [0.25, 0.3) is 5.69 Å². The van der Waals surface area contributed by atoms with Crippen molar-refractivity contribution >= 4 is 17.3 Å². The minimum Gasteiger partial charge on any atom is -0.318 e. The predicted octanol–water partition coefficient (Wildman–Crippen LogP) is 5.68. The molecule has 0 atom stereocenters. The third-order valence-electron chi connectivity index (χ3n) is 5.03. The van der Waals surface area contributed by atoms with Gasteiger partial charge in [0.2, 0.25) is 0 Å². The Balaban J connectivity index is 2.05. The van der Waals surface area contributed by atoms with E-state index in [9.17, 15) is 15.4 Å². The Kier molecular flexibility index (Phi) is 5.14. The van der Waals surface area contributed by atoms with Crippen molar-refractivity contribution in [1.29, 1.82) is 5.26 Å². The Labute approximate surface area is 164 Å². The molecule has 0 radical (unpaired) electrons. The summed E-state index contributed by atoms with van der Waals surface area (Å²) in [6.45, 7) is 8.25. The molecule has 1 heterocycles. The topological polar surface area (TPSA) is 71.9 Å². The first-order chi connectivity index (χ1) is 13.3. The summed E-state index contributed by atoms with van der Waals surface area (Å²) in [5, 5.41) is 20.4. The monoisotopic (exact) mass is 371 g/mol. The fraction of sp³-hybridized carbons (Fsp3) is 0.174. The number of nitriles is 1. The number of rotatable bonds is 4. The average Bonchev–Trinajstić information content (AvgIpc) is 2.95. The van der Waals surface area contributed by atoms with Crippen LogP contribution in [0.1, 0.15) is 33.6 Å². The molecule has 28 heavy (non-hydrogen) atoms. The van der Waals surface area contributed by atoms with Crippen LogP contribution in [0.2, 0.25) is 0 Å². The first-order valence-electron chi connectivity index (χ1n) is 8.95. The highest BCUT2D eigenvalue weighted by Gasteiger charge is 2.12. The highest BCUT2D eigenvalue weighted by atomic mass is 16.6. The molecule has 0 fully saturated rings.